The van der Waals surface area contributed by atoms with E-state index in [0.717, 1.165) is 45.0 Å². The Balaban J connectivity index is 1.01. The summed E-state index contributed by atoms with van der Waals surface area (Å²) in [5.41, 5.74) is 14.7. The van der Waals surface area contributed by atoms with Gasteiger partial charge in [-0.25, -0.2) is 9.97 Å². The molecule has 4 nitrogen and oxygen atoms in total. The summed E-state index contributed by atoms with van der Waals surface area (Å²) in [6.45, 7) is 0. The van der Waals surface area contributed by atoms with Gasteiger partial charge in [-0.2, -0.15) is 0 Å². The van der Waals surface area contributed by atoms with E-state index < -0.39 is 0 Å². The Hall–Kier alpha value is -6.52. The third-order valence-corrected chi connectivity index (χ3v) is 13.8. The van der Waals surface area contributed by atoms with Crippen LogP contribution in [0.25, 0.3) is 88.5 Å². The van der Waals surface area contributed by atoms with Crippen molar-refractivity contribution in [3.8, 4) is 34.0 Å². The van der Waals surface area contributed by atoms with E-state index in [2.05, 4.69) is 167 Å². The molecule has 0 saturated heterocycles. The van der Waals surface area contributed by atoms with Crippen LogP contribution in [-0.2, 0) is 0 Å². The van der Waals surface area contributed by atoms with E-state index in [1.54, 1.807) is 11.1 Å². The van der Waals surface area contributed by atoms with E-state index in [4.69, 9.17) is 9.97 Å². The first-order valence-corrected chi connectivity index (χ1v) is 20.8. The maximum absolute atomic E-state index is 5.30. The maximum Gasteiger partial charge on any atom is 0.235 e. The van der Waals surface area contributed by atoms with Crippen LogP contribution < -0.4 is 0 Å². The summed E-state index contributed by atoms with van der Waals surface area (Å²) in [4.78, 5) is 10.5. The first kappa shape index (κ1) is 31.7. The molecular weight excluding hydrogens is 693 g/mol. The first-order valence-electron chi connectivity index (χ1n) is 20.8. The number of fused-ring (bicyclic) bond motifs is 7. The van der Waals surface area contributed by atoms with Gasteiger partial charge < -0.3 is 4.57 Å². The fourth-order valence-electron chi connectivity index (χ4n) is 11.5. The number of para-hydroxylation sites is 3. The lowest BCUT2D eigenvalue weighted by Gasteiger charge is -2.38. The van der Waals surface area contributed by atoms with Gasteiger partial charge in [-0.3, -0.25) is 4.57 Å². The van der Waals surface area contributed by atoms with Crippen molar-refractivity contribution in [2.24, 2.45) is 11.8 Å². The van der Waals surface area contributed by atoms with Crippen LogP contribution >= 0.6 is 0 Å². The van der Waals surface area contributed by atoms with E-state index in [9.17, 15) is 0 Å². The highest BCUT2D eigenvalue weighted by Crippen LogP contribution is 2.57. The molecule has 10 aromatic rings. The molecule has 2 atom stereocenters. The molecule has 0 spiro atoms. The van der Waals surface area contributed by atoms with E-state index in [-0.39, 0.29) is 0 Å². The van der Waals surface area contributed by atoms with Crippen molar-refractivity contribution in [2.75, 3.05) is 0 Å². The van der Waals surface area contributed by atoms with Gasteiger partial charge in [-0.1, -0.05) is 97.1 Å². The molecule has 2 saturated carbocycles. The molecule has 272 valence electrons. The Kier molecular flexibility index (Phi) is 6.66. The summed E-state index contributed by atoms with van der Waals surface area (Å²) >= 11 is 0. The van der Waals surface area contributed by atoms with Crippen LogP contribution in [0.15, 0.2) is 158 Å². The molecule has 4 aliphatic carbocycles. The predicted octanol–water partition coefficient (Wildman–Crippen LogP) is 13.5. The number of nitrogens with zero attached hydrogens (tertiary/aromatic N) is 4. The SMILES string of the molecule is c1ccc(-c2nc(-n3c4ccccc4c4cc(-c5ccc6c(c5)c5cc7c(cc5n6-c5ccccc5)C5CC6CC(CC7C6)C5)ccc43)nc3ccccc23)cc1. The number of benzene rings is 7. The lowest BCUT2D eigenvalue weighted by molar-refractivity contribution is 0.166. The monoisotopic (exact) mass is 732 g/mol. The Morgan fingerprint density at radius 3 is 1.68 bits per heavy atom. The van der Waals surface area contributed by atoms with Crippen LogP contribution in [0.4, 0.5) is 0 Å². The van der Waals surface area contributed by atoms with Gasteiger partial charge in [0.25, 0.3) is 0 Å². The van der Waals surface area contributed by atoms with Gasteiger partial charge >= 0.3 is 0 Å². The van der Waals surface area contributed by atoms with Crippen LogP contribution in [0.2, 0.25) is 0 Å². The lowest BCUT2D eigenvalue weighted by Crippen LogP contribution is -2.25. The molecule has 4 aliphatic rings. The Morgan fingerprint density at radius 2 is 0.947 bits per heavy atom. The van der Waals surface area contributed by atoms with Crippen molar-refractivity contribution in [3.63, 3.8) is 0 Å². The maximum atomic E-state index is 5.30. The zero-order valence-electron chi connectivity index (χ0n) is 31.6. The molecular formula is C53H40N4. The molecule has 4 bridgehead atoms. The van der Waals surface area contributed by atoms with Crippen LogP contribution in [-0.4, -0.2) is 19.1 Å². The minimum Gasteiger partial charge on any atom is -0.309 e. The second-order valence-electron chi connectivity index (χ2n) is 17.0. The summed E-state index contributed by atoms with van der Waals surface area (Å²) in [6.07, 6.45) is 6.96. The zero-order valence-corrected chi connectivity index (χ0v) is 31.6. The highest BCUT2D eigenvalue weighted by atomic mass is 15.2. The standard InChI is InChI=1S/C53H40N4/c1-3-11-34(12-4-1)52-41-16-7-9-17-47(41)54-53(55-52)57-48-18-10-8-15-40(48)44-28-35(20-22-50(44)57)36-19-21-49-45(29-36)46-30-42-37-24-32-23-33(25-37)27-38(26-32)43(42)31-51(46)56(49)39-13-5-2-6-14-39/h1-22,28-33,37-38H,23-27H2. The Morgan fingerprint density at radius 1 is 0.386 bits per heavy atom. The third-order valence-electron chi connectivity index (χ3n) is 13.8. The van der Waals surface area contributed by atoms with Crippen LogP contribution in [0.3, 0.4) is 0 Å². The summed E-state index contributed by atoms with van der Waals surface area (Å²) in [6, 6.07) is 57.8. The minimum absolute atomic E-state index is 0.683. The molecule has 4 heteroatoms. The molecule has 3 aromatic heterocycles. The highest BCUT2D eigenvalue weighted by molar-refractivity contribution is 6.13. The van der Waals surface area contributed by atoms with Crippen molar-refractivity contribution in [3.05, 3.63) is 169 Å². The van der Waals surface area contributed by atoms with Gasteiger partial charge in [-0.05, 0) is 139 Å². The van der Waals surface area contributed by atoms with Gasteiger partial charge in [0.1, 0.15) is 0 Å². The molecule has 0 aliphatic heterocycles. The van der Waals surface area contributed by atoms with E-state index in [1.165, 1.54) is 81.5 Å². The van der Waals surface area contributed by atoms with Gasteiger partial charge in [0.15, 0.2) is 0 Å². The first-order chi connectivity index (χ1) is 28.2. The summed E-state index contributed by atoms with van der Waals surface area (Å²) < 4.78 is 4.77. The van der Waals surface area contributed by atoms with E-state index in [1.807, 2.05) is 0 Å². The average molecular weight is 733 g/mol. The smallest absolute Gasteiger partial charge is 0.235 e. The second kappa shape index (κ2) is 12.0. The Labute approximate surface area is 331 Å². The third kappa shape index (κ3) is 4.74. The molecule has 3 heterocycles. The molecule has 2 fully saturated rings. The molecule has 0 N–H and O–H groups in total. The fraction of sp³-hybridized carbons (Fsp3) is 0.170. The number of aromatic nitrogens is 4. The fourth-order valence-corrected chi connectivity index (χ4v) is 11.5. The van der Waals surface area contributed by atoms with Crippen molar-refractivity contribution >= 4 is 54.5 Å². The van der Waals surface area contributed by atoms with Gasteiger partial charge in [0.05, 0.1) is 33.3 Å². The van der Waals surface area contributed by atoms with Gasteiger partial charge in [0, 0.05) is 38.2 Å². The zero-order chi connectivity index (χ0) is 37.2. The molecule has 7 aromatic carbocycles. The molecule has 0 amide bonds. The van der Waals surface area contributed by atoms with Crippen LogP contribution in [0.5, 0.6) is 0 Å². The highest BCUT2D eigenvalue weighted by Gasteiger charge is 2.42. The van der Waals surface area contributed by atoms with Gasteiger partial charge in [0.2, 0.25) is 5.95 Å². The second-order valence-corrected chi connectivity index (χ2v) is 17.0. The minimum atomic E-state index is 0.683. The van der Waals surface area contributed by atoms with E-state index >= 15 is 0 Å². The van der Waals surface area contributed by atoms with Crippen molar-refractivity contribution < 1.29 is 0 Å². The summed E-state index contributed by atoms with van der Waals surface area (Å²) in [5, 5.41) is 6.16. The van der Waals surface area contributed by atoms with Crippen LogP contribution in [0.1, 0.15) is 55.1 Å². The summed E-state index contributed by atoms with van der Waals surface area (Å²) in [5.74, 6) is 3.89. The Bertz CT molecular complexity index is 3230. The lowest BCUT2D eigenvalue weighted by atomic mass is 9.67. The molecule has 0 radical (unpaired) electrons. The molecule has 57 heavy (non-hydrogen) atoms. The predicted molar refractivity (Wildman–Crippen MR) is 235 cm³/mol. The molecule has 2 unspecified atom stereocenters. The summed E-state index contributed by atoms with van der Waals surface area (Å²) in [7, 11) is 0. The largest absolute Gasteiger partial charge is 0.309 e. The van der Waals surface area contributed by atoms with Crippen molar-refractivity contribution in [1.82, 2.24) is 19.1 Å². The quantitative estimate of drug-likeness (QED) is 0.181. The topological polar surface area (TPSA) is 35.6 Å². The normalized spacial score (nSPS) is 19.9. The van der Waals surface area contributed by atoms with Crippen LogP contribution in [0, 0.1) is 11.8 Å². The number of hydrogen-bond acceptors (Lipinski definition) is 2. The van der Waals surface area contributed by atoms with E-state index in [0.29, 0.717) is 17.8 Å². The average Bonchev–Trinajstić information content (AvgIpc) is 3.71. The number of rotatable bonds is 4. The number of hydrogen-bond donors (Lipinski definition) is 0. The van der Waals surface area contributed by atoms with Crippen molar-refractivity contribution in [2.45, 2.75) is 43.9 Å². The van der Waals surface area contributed by atoms with Crippen molar-refractivity contribution in [1.29, 1.82) is 0 Å². The molecule has 14 rings (SSSR count). The van der Waals surface area contributed by atoms with Gasteiger partial charge in [-0.15, -0.1) is 0 Å².